The number of fused-ring (bicyclic) bond motifs is 8. The van der Waals surface area contributed by atoms with Crippen molar-refractivity contribution in [2.24, 2.45) is 0 Å². The second-order valence-corrected chi connectivity index (χ2v) is 9.86. The Hall–Kier alpha value is -4.53. The summed E-state index contributed by atoms with van der Waals surface area (Å²) in [4.78, 5) is 0. The lowest BCUT2D eigenvalue weighted by molar-refractivity contribution is 0.672. The molecule has 6 aromatic carbocycles. The third-order valence-corrected chi connectivity index (χ3v) is 7.77. The maximum Gasteiger partial charge on any atom is 0.143 e. The zero-order chi connectivity index (χ0) is 24.5. The number of para-hydroxylation sites is 3. The van der Waals surface area contributed by atoms with Crippen LogP contribution in [0.4, 0.5) is 0 Å². The van der Waals surface area contributed by atoms with Crippen molar-refractivity contribution < 1.29 is 4.42 Å². The van der Waals surface area contributed by atoms with Crippen molar-refractivity contribution >= 4 is 66.1 Å². The molecule has 37 heavy (non-hydrogen) atoms. The van der Waals surface area contributed by atoms with E-state index in [9.17, 15) is 0 Å². The van der Waals surface area contributed by atoms with E-state index in [2.05, 4.69) is 108 Å². The summed E-state index contributed by atoms with van der Waals surface area (Å²) in [5.74, 6) is 0. The van der Waals surface area contributed by atoms with Crippen molar-refractivity contribution in [2.45, 2.75) is 0 Å². The summed E-state index contributed by atoms with van der Waals surface area (Å²) in [5.41, 5.74) is 7.55. The van der Waals surface area contributed by atoms with E-state index in [1.807, 2.05) is 18.2 Å². The van der Waals surface area contributed by atoms with Crippen LogP contribution in [0.2, 0.25) is 5.02 Å². The van der Waals surface area contributed by atoms with Crippen LogP contribution in [0, 0.1) is 0 Å². The molecule has 0 fully saturated rings. The van der Waals surface area contributed by atoms with Crippen LogP contribution in [0.15, 0.2) is 126 Å². The number of halogens is 1. The van der Waals surface area contributed by atoms with Crippen molar-refractivity contribution in [3.63, 3.8) is 0 Å². The largest absolute Gasteiger partial charge is 0.455 e. The number of furan rings is 1. The molecule has 8 aromatic rings. The van der Waals surface area contributed by atoms with Gasteiger partial charge >= 0.3 is 0 Å². The zero-order valence-corrected chi connectivity index (χ0v) is 20.5. The number of hydrogen-bond acceptors (Lipinski definition) is 1. The summed E-state index contributed by atoms with van der Waals surface area (Å²) in [6, 6.07) is 42.5. The highest BCUT2D eigenvalue weighted by atomic mass is 35.5. The van der Waals surface area contributed by atoms with Gasteiger partial charge in [0, 0.05) is 38.2 Å². The van der Waals surface area contributed by atoms with Crippen molar-refractivity contribution in [3.8, 4) is 16.8 Å². The summed E-state index contributed by atoms with van der Waals surface area (Å²) in [7, 11) is 0. The van der Waals surface area contributed by atoms with Gasteiger partial charge in [-0.2, -0.15) is 0 Å². The lowest BCUT2D eigenvalue weighted by Gasteiger charge is -2.14. The fourth-order valence-corrected chi connectivity index (χ4v) is 6.18. The molecular formula is C34H20ClNO. The standard InChI is InChI=1S/C34H20ClNO/c35-29-17-9-19-31-32(29)28-20-27(22-12-4-5-14-26(22)34(28)37-31)25-16-8-15-24-23-13-6-7-18-30(23)36(33(24)25)21-10-2-1-3-11-21/h1-20H. The normalized spacial score (nSPS) is 11.9. The summed E-state index contributed by atoms with van der Waals surface area (Å²) in [6.45, 7) is 0. The molecule has 0 aliphatic rings. The fraction of sp³-hybridized carbons (Fsp3) is 0. The van der Waals surface area contributed by atoms with E-state index in [1.54, 1.807) is 0 Å². The van der Waals surface area contributed by atoms with Gasteiger partial charge in [-0.15, -0.1) is 0 Å². The van der Waals surface area contributed by atoms with Gasteiger partial charge in [0.2, 0.25) is 0 Å². The molecule has 0 aliphatic carbocycles. The first-order valence-electron chi connectivity index (χ1n) is 12.4. The maximum absolute atomic E-state index is 6.72. The van der Waals surface area contributed by atoms with Gasteiger partial charge in [0.25, 0.3) is 0 Å². The average Bonchev–Trinajstić information content (AvgIpc) is 3.50. The Bertz CT molecular complexity index is 2150. The Labute approximate surface area is 217 Å². The highest BCUT2D eigenvalue weighted by Gasteiger charge is 2.20. The number of benzene rings is 6. The third kappa shape index (κ3) is 2.88. The Balaban J connectivity index is 1.59. The van der Waals surface area contributed by atoms with E-state index >= 15 is 0 Å². The van der Waals surface area contributed by atoms with E-state index in [-0.39, 0.29) is 0 Å². The van der Waals surface area contributed by atoms with Crippen molar-refractivity contribution in [1.29, 1.82) is 0 Å². The molecule has 0 bridgehead atoms. The molecular weight excluding hydrogens is 474 g/mol. The predicted octanol–water partition coefficient (Wildman–Crippen LogP) is 10.2. The molecule has 2 heterocycles. The summed E-state index contributed by atoms with van der Waals surface area (Å²) < 4.78 is 8.76. The quantitative estimate of drug-likeness (QED) is 0.234. The highest BCUT2D eigenvalue weighted by molar-refractivity contribution is 6.38. The van der Waals surface area contributed by atoms with Gasteiger partial charge in [0.1, 0.15) is 11.2 Å². The fourth-order valence-electron chi connectivity index (χ4n) is 5.91. The van der Waals surface area contributed by atoms with Gasteiger partial charge < -0.3 is 8.98 Å². The molecule has 0 unspecified atom stereocenters. The van der Waals surface area contributed by atoms with Crippen molar-refractivity contribution in [2.75, 3.05) is 0 Å². The molecule has 0 spiro atoms. The second-order valence-electron chi connectivity index (χ2n) is 9.45. The monoisotopic (exact) mass is 493 g/mol. The van der Waals surface area contributed by atoms with E-state index in [0.717, 1.165) is 44.0 Å². The van der Waals surface area contributed by atoms with Gasteiger partial charge in [0.05, 0.1) is 16.1 Å². The number of aromatic nitrogens is 1. The lowest BCUT2D eigenvalue weighted by Crippen LogP contribution is -1.95. The molecule has 3 heteroatoms. The molecule has 2 nitrogen and oxygen atoms in total. The average molecular weight is 494 g/mol. The third-order valence-electron chi connectivity index (χ3n) is 7.45. The topological polar surface area (TPSA) is 18.1 Å². The molecule has 174 valence electrons. The molecule has 0 saturated carbocycles. The molecule has 0 saturated heterocycles. The van der Waals surface area contributed by atoms with Gasteiger partial charge in [-0.05, 0) is 47.3 Å². The number of nitrogens with zero attached hydrogens (tertiary/aromatic N) is 1. The van der Waals surface area contributed by atoms with Gasteiger partial charge in [-0.3, -0.25) is 0 Å². The van der Waals surface area contributed by atoms with Crippen molar-refractivity contribution in [3.05, 3.63) is 126 Å². The first-order chi connectivity index (χ1) is 18.3. The first kappa shape index (κ1) is 20.6. The highest BCUT2D eigenvalue weighted by Crippen LogP contribution is 2.45. The second kappa shape index (κ2) is 7.73. The minimum atomic E-state index is 0.703. The number of rotatable bonds is 2. The molecule has 0 radical (unpaired) electrons. The van der Waals surface area contributed by atoms with Gasteiger partial charge in [-0.25, -0.2) is 0 Å². The molecule has 0 aliphatic heterocycles. The SMILES string of the molecule is Clc1cccc2oc3c4ccccc4c(-c4cccc5c6ccccc6n(-c6ccccc6)c45)cc3c12. The molecule has 2 aromatic heterocycles. The Morgan fingerprint density at radius 3 is 2.11 bits per heavy atom. The maximum atomic E-state index is 6.72. The van der Waals surface area contributed by atoms with Crippen LogP contribution in [-0.4, -0.2) is 4.57 Å². The zero-order valence-electron chi connectivity index (χ0n) is 19.8. The van der Waals surface area contributed by atoms with Crippen LogP contribution >= 0.6 is 11.6 Å². The summed E-state index contributed by atoms with van der Waals surface area (Å²) >= 11 is 6.72. The Kier molecular flexibility index (Phi) is 4.31. The van der Waals surface area contributed by atoms with Crippen LogP contribution in [0.3, 0.4) is 0 Å². The molecule has 0 N–H and O–H groups in total. The Morgan fingerprint density at radius 1 is 0.541 bits per heavy atom. The smallest absolute Gasteiger partial charge is 0.143 e. The van der Waals surface area contributed by atoms with E-state index in [1.165, 1.54) is 27.4 Å². The predicted molar refractivity (Wildman–Crippen MR) is 156 cm³/mol. The summed E-state index contributed by atoms with van der Waals surface area (Å²) in [6.07, 6.45) is 0. The van der Waals surface area contributed by atoms with E-state index in [4.69, 9.17) is 16.0 Å². The first-order valence-corrected chi connectivity index (χ1v) is 12.8. The summed E-state index contributed by atoms with van der Waals surface area (Å²) in [5, 5.41) is 7.41. The van der Waals surface area contributed by atoms with Gasteiger partial charge in [-0.1, -0.05) is 96.5 Å². The minimum Gasteiger partial charge on any atom is -0.455 e. The Morgan fingerprint density at radius 2 is 1.24 bits per heavy atom. The van der Waals surface area contributed by atoms with E-state index < -0.39 is 0 Å². The van der Waals surface area contributed by atoms with Crippen LogP contribution in [0.1, 0.15) is 0 Å². The molecule has 0 amide bonds. The van der Waals surface area contributed by atoms with Crippen LogP contribution < -0.4 is 0 Å². The lowest BCUT2D eigenvalue weighted by atomic mass is 9.94. The number of hydrogen-bond donors (Lipinski definition) is 0. The minimum absolute atomic E-state index is 0.703. The van der Waals surface area contributed by atoms with Crippen molar-refractivity contribution in [1.82, 2.24) is 4.57 Å². The van der Waals surface area contributed by atoms with E-state index in [0.29, 0.717) is 5.02 Å². The molecule has 0 atom stereocenters. The molecule has 8 rings (SSSR count). The van der Waals surface area contributed by atoms with Crippen LogP contribution in [-0.2, 0) is 0 Å². The van der Waals surface area contributed by atoms with Crippen LogP contribution in [0.25, 0.3) is 71.3 Å². The van der Waals surface area contributed by atoms with Crippen LogP contribution in [0.5, 0.6) is 0 Å². The van der Waals surface area contributed by atoms with Gasteiger partial charge in [0.15, 0.2) is 0 Å².